The van der Waals surface area contributed by atoms with Crippen LogP contribution < -0.4 is 5.32 Å². The summed E-state index contributed by atoms with van der Waals surface area (Å²) in [4.78, 5) is 25.7. The van der Waals surface area contributed by atoms with Crippen LogP contribution in [-0.2, 0) is 4.79 Å². The van der Waals surface area contributed by atoms with Crippen LogP contribution in [0.3, 0.4) is 0 Å². The van der Waals surface area contributed by atoms with Crippen molar-refractivity contribution in [2.24, 2.45) is 0 Å². The second-order valence-electron chi connectivity index (χ2n) is 5.61. The molecule has 0 aliphatic carbocycles. The Morgan fingerprint density at radius 1 is 1.36 bits per heavy atom. The van der Waals surface area contributed by atoms with Gasteiger partial charge in [-0.15, -0.1) is 0 Å². The highest BCUT2D eigenvalue weighted by molar-refractivity contribution is 7.99. The molecule has 2 saturated heterocycles. The predicted molar refractivity (Wildman–Crippen MR) is 80.9 cm³/mol. The van der Waals surface area contributed by atoms with Crippen molar-refractivity contribution in [3.8, 4) is 0 Å². The summed E-state index contributed by atoms with van der Waals surface area (Å²) in [7, 11) is 0. The number of hydrogen-bond acceptors (Lipinski definition) is 4. The van der Waals surface area contributed by atoms with Gasteiger partial charge in [0.15, 0.2) is 0 Å². The van der Waals surface area contributed by atoms with Crippen LogP contribution in [0.4, 0.5) is 9.18 Å². The Hall–Kier alpha value is -1.60. The number of nitrogens with one attached hydrogen (secondary N) is 1. The van der Waals surface area contributed by atoms with Gasteiger partial charge in [-0.25, -0.2) is 9.18 Å². The number of nitrogens with zero attached hydrogens (tertiary/aromatic N) is 1. The van der Waals surface area contributed by atoms with Crippen LogP contribution >= 0.6 is 11.8 Å². The Kier molecular flexibility index (Phi) is 4.10. The molecule has 3 amide bonds. The Balaban J connectivity index is 1.75. The summed E-state index contributed by atoms with van der Waals surface area (Å²) in [5.74, 6) is 0.904. The predicted octanol–water partition coefficient (Wildman–Crippen LogP) is 1.68. The van der Waals surface area contributed by atoms with Crippen molar-refractivity contribution in [1.82, 2.24) is 10.2 Å². The molecule has 7 heteroatoms. The van der Waals surface area contributed by atoms with Gasteiger partial charge in [0.1, 0.15) is 11.4 Å². The molecule has 2 N–H and O–H groups in total. The van der Waals surface area contributed by atoms with Crippen molar-refractivity contribution in [3.63, 3.8) is 0 Å². The summed E-state index contributed by atoms with van der Waals surface area (Å²) < 4.78 is 13.2. The van der Waals surface area contributed by atoms with Gasteiger partial charge in [0, 0.05) is 0 Å². The second kappa shape index (κ2) is 5.89. The monoisotopic (exact) mass is 324 g/mol. The number of halogens is 1. The molecule has 2 aliphatic rings. The zero-order valence-electron chi connectivity index (χ0n) is 11.9. The van der Waals surface area contributed by atoms with Gasteiger partial charge in [0.05, 0.1) is 12.6 Å². The van der Waals surface area contributed by atoms with Crippen LogP contribution in [0.2, 0.25) is 0 Å². The average molecular weight is 324 g/mol. The van der Waals surface area contributed by atoms with E-state index in [1.165, 1.54) is 18.2 Å². The third-order valence-corrected chi connectivity index (χ3v) is 5.17. The van der Waals surface area contributed by atoms with E-state index in [4.69, 9.17) is 0 Å². The van der Waals surface area contributed by atoms with Crippen LogP contribution in [0.25, 0.3) is 0 Å². The van der Waals surface area contributed by atoms with Gasteiger partial charge in [0.2, 0.25) is 0 Å². The smallest absolute Gasteiger partial charge is 0.325 e. The summed E-state index contributed by atoms with van der Waals surface area (Å²) >= 11 is 1.76. The van der Waals surface area contributed by atoms with Gasteiger partial charge >= 0.3 is 6.03 Å². The van der Waals surface area contributed by atoms with Crippen LogP contribution in [-0.4, -0.2) is 45.5 Å². The molecule has 22 heavy (non-hydrogen) atoms. The van der Waals surface area contributed by atoms with Crippen molar-refractivity contribution in [2.75, 3.05) is 18.1 Å². The van der Waals surface area contributed by atoms with Crippen LogP contribution in [0.15, 0.2) is 24.3 Å². The van der Waals surface area contributed by atoms with Gasteiger partial charge in [-0.2, -0.15) is 11.8 Å². The summed E-state index contributed by atoms with van der Waals surface area (Å²) in [6, 6.07) is 5.06. The molecule has 118 valence electrons. The fourth-order valence-corrected chi connectivity index (χ4v) is 4.08. The van der Waals surface area contributed by atoms with Crippen molar-refractivity contribution >= 4 is 23.7 Å². The minimum absolute atomic E-state index is 0.164. The molecule has 2 heterocycles. The standard InChI is InChI=1S/C15H17FN2O3S/c16-11-3-1-2-10(8-11)12(19)9-18-13(20)15(17-14(18)21)4-6-22-7-5-15/h1-3,8,12,19H,4-7,9H2,(H,17,21)/t12-/m0/s1. The Morgan fingerprint density at radius 2 is 2.09 bits per heavy atom. The molecule has 2 aliphatic heterocycles. The van der Waals surface area contributed by atoms with Crippen LogP contribution in [0, 0.1) is 5.82 Å². The summed E-state index contributed by atoms with van der Waals surface area (Å²) in [6.07, 6.45) is 0.113. The molecule has 1 aromatic rings. The molecule has 0 aromatic heterocycles. The van der Waals surface area contributed by atoms with Gasteiger partial charge in [-0.1, -0.05) is 12.1 Å². The highest BCUT2D eigenvalue weighted by atomic mass is 32.2. The number of carbonyl (C=O) groups is 2. The van der Waals surface area contributed by atoms with Crippen molar-refractivity contribution in [2.45, 2.75) is 24.5 Å². The highest BCUT2D eigenvalue weighted by Crippen LogP contribution is 2.33. The molecular formula is C15H17FN2O3S. The molecule has 3 rings (SSSR count). The van der Waals surface area contributed by atoms with E-state index in [0.29, 0.717) is 18.4 Å². The maximum absolute atomic E-state index is 13.2. The van der Waals surface area contributed by atoms with E-state index < -0.39 is 23.5 Å². The molecule has 5 nitrogen and oxygen atoms in total. The number of β-amino-alcohol motifs (C(OH)–C–C–N with tert-alkyl or cyclic N) is 1. The zero-order valence-corrected chi connectivity index (χ0v) is 12.7. The first-order valence-electron chi connectivity index (χ1n) is 7.17. The van der Waals surface area contributed by atoms with Crippen molar-refractivity contribution in [3.05, 3.63) is 35.6 Å². The number of aliphatic hydroxyl groups is 1. The minimum Gasteiger partial charge on any atom is -0.387 e. The quantitative estimate of drug-likeness (QED) is 0.830. The lowest BCUT2D eigenvalue weighted by atomic mass is 9.92. The molecule has 1 atom stereocenters. The van der Waals surface area contributed by atoms with Crippen molar-refractivity contribution in [1.29, 1.82) is 0 Å². The largest absolute Gasteiger partial charge is 0.387 e. The number of hydrogen-bond donors (Lipinski definition) is 2. The third kappa shape index (κ3) is 2.70. The second-order valence-corrected chi connectivity index (χ2v) is 6.84. The van der Waals surface area contributed by atoms with E-state index in [9.17, 15) is 19.1 Å². The Labute approximate surface area is 131 Å². The number of imide groups is 1. The Morgan fingerprint density at radius 3 is 2.77 bits per heavy atom. The minimum atomic E-state index is -1.10. The first-order chi connectivity index (χ1) is 10.5. The first-order valence-corrected chi connectivity index (χ1v) is 8.33. The van der Waals surface area contributed by atoms with E-state index in [0.717, 1.165) is 16.4 Å². The fraction of sp³-hybridized carbons (Fsp3) is 0.467. The van der Waals surface area contributed by atoms with Gasteiger partial charge in [0.25, 0.3) is 5.91 Å². The number of carbonyl (C=O) groups excluding carboxylic acids is 2. The number of aliphatic hydroxyl groups excluding tert-OH is 1. The molecule has 2 fully saturated rings. The number of amides is 3. The highest BCUT2D eigenvalue weighted by Gasteiger charge is 2.51. The topological polar surface area (TPSA) is 69.6 Å². The van der Waals surface area contributed by atoms with Gasteiger partial charge in [-0.05, 0) is 42.0 Å². The summed E-state index contributed by atoms with van der Waals surface area (Å²) in [5, 5.41) is 13.0. The molecule has 1 aromatic carbocycles. The molecule has 0 bridgehead atoms. The van der Waals surface area contributed by atoms with Gasteiger partial charge in [-0.3, -0.25) is 9.69 Å². The zero-order chi connectivity index (χ0) is 15.7. The number of urea groups is 1. The van der Waals surface area contributed by atoms with Gasteiger partial charge < -0.3 is 10.4 Å². The maximum atomic E-state index is 13.2. The van der Waals surface area contributed by atoms with Crippen LogP contribution in [0.5, 0.6) is 0 Å². The molecule has 1 spiro atoms. The molecule has 0 saturated carbocycles. The third-order valence-electron chi connectivity index (χ3n) is 4.18. The van der Waals surface area contributed by atoms with E-state index in [2.05, 4.69) is 5.32 Å². The normalized spacial score (nSPS) is 22.0. The maximum Gasteiger partial charge on any atom is 0.325 e. The van der Waals surface area contributed by atoms with E-state index >= 15 is 0 Å². The van der Waals surface area contributed by atoms with E-state index in [1.54, 1.807) is 17.8 Å². The summed E-state index contributed by atoms with van der Waals surface area (Å²) in [5.41, 5.74) is -0.468. The van der Waals surface area contributed by atoms with E-state index in [-0.39, 0.29) is 12.5 Å². The first kappa shape index (κ1) is 15.3. The molecule has 0 unspecified atom stereocenters. The summed E-state index contributed by atoms with van der Waals surface area (Å²) in [6.45, 7) is -0.164. The Bertz CT molecular complexity index is 604. The lowest BCUT2D eigenvalue weighted by Crippen LogP contribution is -2.49. The number of benzene rings is 1. The number of thioether (sulfide) groups is 1. The average Bonchev–Trinajstić information content (AvgIpc) is 2.72. The van der Waals surface area contributed by atoms with Crippen LogP contribution in [0.1, 0.15) is 24.5 Å². The van der Waals surface area contributed by atoms with E-state index in [1.807, 2.05) is 0 Å². The number of rotatable bonds is 3. The van der Waals surface area contributed by atoms with Crippen molar-refractivity contribution < 1.29 is 19.1 Å². The molecular weight excluding hydrogens is 307 g/mol. The SMILES string of the molecule is O=C1NC2(CCSCC2)C(=O)N1C[C@H](O)c1cccc(F)c1. The lowest BCUT2D eigenvalue weighted by Gasteiger charge is -2.30. The fourth-order valence-electron chi connectivity index (χ4n) is 2.89. The lowest BCUT2D eigenvalue weighted by molar-refractivity contribution is -0.132. The molecule has 0 radical (unpaired) electrons.